The van der Waals surface area contributed by atoms with E-state index >= 15 is 0 Å². The molecule has 0 aliphatic carbocycles. The van der Waals surface area contributed by atoms with E-state index in [4.69, 9.17) is 0 Å². The zero-order chi connectivity index (χ0) is 15.3. The van der Waals surface area contributed by atoms with Crippen LogP contribution >= 0.6 is 0 Å². The van der Waals surface area contributed by atoms with E-state index in [9.17, 15) is 13.5 Å². The number of aliphatic hydroxyl groups excluding tert-OH is 1. The number of sulfonamides is 1. The molecule has 6 heteroatoms. The van der Waals surface area contributed by atoms with Crippen LogP contribution in [0.1, 0.15) is 31.9 Å². The van der Waals surface area contributed by atoms with Crippen molar-refractivity contribution >= 4 is 10.0 Å². The predicted octanol–water partition coefficient (Wildman–Crippen LogP) is 1.36. The molecule has 0 aromatic heterocycles. The van der Waals surface area contributed by atoms with Gasteiger partial charge in [-0.25, -0.2) is 12.7 Å². The molecule has 5 nitrogen and oxygen atoms in total. The number of aliphatic hydroxyl groups is 1. The van der Waals surface area contributed by atoms with Crippen molar-refractivity contribution in [3.8, 4) is 0 Å². The molecule has 0 saturated carbocycles. The second kappa shape index (κ2) is 7.17. The summed E-state index contributed by atoms with van der Waals surface area (Å²) in [6.07, 6.45) is -0.0866. The minimum Gasteiger partial charge on any atom is -0.393 e. The lowest BCUT2D eigenvalue weighted by atomic mass is 10.1. The van der Waals surface area contributed by atoms with Crippen LogP contribution in [0.4, 0.5) is 0 Å². The highest BCUT2D eigenvalue weighted by atomic mass is 32.2. The van der Waals surface area contributed by atoms with E-state index in [1.165, 1.54) is 11.4 Å². The monoisotopic (exact) mass is 300 g/mol. The molecule has 0 aliphatic heterocycles. The van der Waals surface area contributed by atoms with Gasteiger partial charge >= 0.3 is 0 Å². The molecule has 114 valence electrons. The minimum atomic E-state index is -3.48. The van der Waals surface area contributed by atoms with Crippen LogP contribution in [-0.4, -0.2) is 44.6 Å². The van der Waals surface area contributed by atoms with Crippen LogP contribution in [0.25, 0.3) is 0 Å². The van der Waals surface area contributed by atoms with E-state index in [1.54, 1.807) is 19.1 Å². The topological polar surface area (TPSA) is 69.6 Å². The predicted molar refractivity (Wildman–Crippen MR) is 80.0 cm³/mol. The van der Waals surface area contributed by atoms with Crippen molar-refractivity contribution in [3.05, 3.63) is 29.8 Å². The smallest absolute Gasteiger partial charge is 0.242 e. The van der Waals surface area contributed by atoms with Gasteiger partial charge in [-0.1, -0.05) is 12.1 Å². The molecule has 0 spiro atoms. The average Bonchev–Trinajstić information content (AvgIpc) is 2.43. The Morgan fingerprint density at radius 1 is 1.25 bits per heavy atom. The Labute approximate surface area is 121 Å². The van der Waals surface area contributed by atoms with Gasteiger partial charge < -0.3 is 10.4 Å². The van der Waals surface area contributed by atoms with Crippen molar-refractivity contribution < 1.29 is 13.5 Å². The van der Waals surface area contributed by atoms with Gasteiger partial charge in [0, 0.05) is 19.6 Å². The van der Waals surface area contributed by atoms with E-state index < -0.39 is 16.1 Å². The first kappa shape index (κ1) is 17.1. The van der Waals surface area contributed by atoms with Gasteiger partial charge in [-0.2, -0.15) is 0 Å². The molecular weight excluding hydrogens is 276 g/mol. The maximum atomic E-state index is 12.3. The maximum absolute atomic E-state index is 12.3. The number of nitrogens with zero attached hydrogens (tertiary/aromatic N) is 1. The SMILES string of the molecule is CNC(C)c1ccc(S(=O)(=O)N(C)CCC(C)O)cc1. The Balaban J connectivity index is 2.87. The van der Waals surface area contributed by atoms with Crippen LogP contribution in [0.3, 0.4) is 0 Å². The van der Waals surface area contributed by atoms with Gasteiger partial charge in [0.2, 0.25) is 10.0 Å². The molecule has 0 fully saturated rings. The molecular formula is C14H24N2O3S. The molecule has 20 heavy (non-hydrogen) atoms. The fourth-order valence-corrected chi connectivity index (χ4v) is 2.95. The maximum Gasteiger partial charge on any atom is 0.242 e. The fraction of sp³-hybridized carbons (Fsp3) is 0.571. The summed E-state index contributed by atoms with van der Waals surface area (Å²) in [4.78, 5) is 0.276. The standard InChI is InChI=1S/C14H24N2O3S/c1-11(17)9-10-16(4)20(18,19)14-7-5-13(6-8-14)12(2)15-3/h5-8,11-12,15,17H,9-10H2,1-4H3. The zero-order valence-corrected chi connectivity index (χ0v) is 13.3. The van der Waals surface area contributed by atoms with E-state index in [2.05, 4.69) is 5.32 Å². The summed E-state index contributed by atoms with van der Waals surface area (Å²) in [5.74, 6) is 0. The first-order valence-electron chi connectivity index (χ1n) is 6.70. The number of hydrogen-bond donors (Lipinski definition) is 2. The third kappa shape index (κ3) is 4.28. The summed E-state index contributed by atoms with van der Waals surface area (Å²) in [6, 6.07) is 7.06. The number of benzene rings is 1. The molecule has 0 heterocycles. The zero-order valence-electron chi connectivity index (χ0n) is 12.5. The lowest BCUT2D eigenvalue weighted by Gasteiger charge is -2.18. The fourth-order valence-electron chi connectivity index (χ4n) is 1.76. The van der Waals surface area contributed by atoms with Gasteiger partial charge in [-0.3, -0.25) is 0 Å². The van der Waals surface area contributed by atoms with Crippen molar-refractivity contribution in [1.82, 2.24) is 9.62 Å². The molecule has 0 amide bonds. The third-order valence-corrected chi connectivity index (χ3v) is 5.25. The second-order valence-corrected chi connectivity index (χ2v) is 7.09. The lowest BCUT2D eigenvalue weighted by molar-refractivity contribution is 0.177. The molecule has 0 bridgehead atoms. The van der Waals surface area contributed by atoms with Crippen LogP contribution in [0.5, 0.6) is 0 Å². The van der Waals surface area contributed by atoms with E-state index in [1.807, 2.05) is 26.1 Å². The Morgan fingerprint density at radius 3 is 2.25 bits per heavy atom. The first-order valence-corrected chi connectivity index (χ1v) is 8.14. The van der Waals surface area contributed by atoms with Crippen molar-refractivity contribution in [1.29, 1.82) is 0 Å². The number of rotatable bonds is 7. The largest absolute Gasteiger partial charge is 0.393 e. The average molecular weight is 300 g/mol. The molecule has 1 aromatic carbocycles. The molecule has 0 radical (unpaired) electrons. The Hall–Kier alpha value is -0.950. The van der Waals surface area contributed by atoms with Gasteiger partial charge in [0.25, 0.3) is 0 Å². The summed E-state index contributed by atoms with van der Waals surface area (Å²) in [6.45, 7) is 3.96. The lowest BCUT2D eigenvalue weighted by Crippen LogP contribution is -2.29. The van der Waals surface area contributed by atoms with Crippen LogP contribution in [0.2, 0.25) is 0 Å². The van der Waals surface area contributed by atoms with Gasteiger partial charge in [-0.15, -0.1) is 0 Å². The van der Waals surface area contributed by atoms with E-state index in [-0.39, 0.29) is 10.9 Å². The third-order valence-electron chi connectivity index (χ3n) is 3.38. The quantitative estimate of drug-likeness (QED) is 0.798. The van der Waals surface area contributed by atoms with Crippen LogP contribution in [-0.2, 0) is 10.0 Å². The van der Waals surface area contributed by atoms with E-state index in [0.717, 1.165) is 5.56 Å². The molecule has 1 rings (SSSR count). The highest BCUT2D eigenvalue weighted by molar-refractivity contribution is 7.89. The molecule has 2 N–H and O–H groups in total. The molecule has 0 saturated heterocycles. The van der Waals surface area contributed by atoms with Crippen molar-refractivity contribution in [2.45, 2.75) is 37.3 Å². The Morgan fingerprint density at radius 2 is 1.80 bits per heavy atom. The van der Waals surface area contributed by atoms with Crippen LogP contribution in [0.15, 0.2) is 29.2 Å². The van der Waals surface area contributed by atoms with Gasteiger partial charge in [-0.05, 0) is 45.0 Å². The van der Waals surface area contributed by atoms with Gasteiger partial charge in [0.15, 0.2) is 0 Å². The van der Waals surface area contributed by atoms with E-state index in [0.29, 0.717) is 13.0 Å². The highest BCUT2D eigenvalue weighted by Gasteiger charge is 2.20. The summed E-state index contributed by atoms with van der Waals surface area (Å²) in [5.41, 5.74) is 1.04. The molecule has 0 aliphatic rings. The van der Waals surface area contributed by atoms with Crippen molar-refractivity contribution in [2.75, 3.05) is 20.6 Å². The normalized spacial score (nSPS) is 15.3. The van der Waals surface area contributed by atoms with Crippen molar-refractivity contribution in [3.63, 3.8) is 0 Å². The summed E-state index contributed by atoms with van der Waals surface area (Å²) in [7, 11) is -0.0921. The molecule has 2 unspecified atom stereocenters. The summed E-state index contributed by atoms with van der Waals surface area (Å²) < 4.78 is 25.9. The number of hydrogen-bond acceptors (Lipinski definition) is 4. The first-order chi connectivity index (χ1) is 9.28. The minimum absolute atomic E-state index is 0.180. The van der Waals surface area contributed by atoms with Crippen molar-refractivity contribution in [2.24, 2.45) is 0 Å². The molecule has 1 aromatic rings. The molecule has 2 atom stereocenters. The summed E-state index contributed by atoms with van der Waals surface area (Å²) >= 11 is 0. The van der Waals surface area contributed by atoms with Crippen LogP contribution < -0.4 is 5.32 Å². The summed E-state index contributed by atoms with van der Waals surface area (Å²) in [5, 5.41) is 12.3. The highest BCUT2D eigenvalue weighted by Crippen LogP contribution is 2.18. The number of nitrogens with one attached hydrogen (secondary N) is 1. The second-order valence-electron chi connectivity index (χ2n) is 5.04. The van der Waals surface area contributed by atoms with Gasteiger partial charge in [0.1, 0.15) is 0 Å². The Bertz CT molecular complexity index is 512. The Kier molecular flexibility index (Phi) is 6.13. The van der Waals surface area contributed by atoms with Crippen LogP contribution in [0, 0.1) is 0 Å². The van der Waals surface area contributed by atoms with Gasteiger partial charge in [0.05, 0.1) is 11.0 Å².